The third-order valence-corrected chi connectivity index (χ3v) is 4.79. The van der Waals surface area contributed by atoms with Crippen LogP contribution in [-0.4, -0.2) is 40.4 Å². The van der Waals surface area contributed by atoms with Gasteiger partial charge in [0.25, 0.3) is 0 Å². The summed E-state index contributed by atoms with van der Waals surface area (Å²) in [5.74, 6) is 2.26. The fourth-order valence-corrected chi connectivity index (χ4v) is 3.07. The number of hydrogen-bond acceptors (Lipinski definition) is 6. The van der Waals surface area contributed by atoms with Crippen LogP contribution < -0.4 is 4.74 Å². The summed E-state index contributed by atoms with van der Waals surface area (Å²) in [6.07, 6.45) is 1.10. The molecule has 2 heterocycles. The number of ether oxygens (including phenoxy) is 3. The van der Waals surface area contributed by atoms with Crippen LogP contribution >= 0.6 is 23.4 Å². The number of aromatic nitrogens is 3. The Morgan fingerprint density at radius 2 is 2.39 bits per heavy atom. The van der Waals surface area contributed by atoms with E-state index in [0.717, 1.165) is 35.1 Å². The lowest BCUT2D eigenvalue weighted by atomic mass is 10.2. The van der Waals surface area contributed by atoms with Crippen molar-refractivity contribution in [2.24, 2.45) is 0 Å². The van der Waals surface area contributed by atoms with E-state index in [1.54, 1.807) is 11.8 Å². The Morgan fingerprint density at radius 1 is 1.48 bits per heavy atom. The SMILES string of the molecule is Cc1cc(OCc2nc(SC[C@H]3CCOCO3)n[nH]2)ccc1Cl. The second kappa shape index (κ2) is 8.01. The van der Waals surface area contributed by atoms with Gasteiger partial charge in [0.1, 0.15) is 19.1 Å². The van der Waals surface area contributed by atoms with Crippen molar-refractivity contribution in [2.45, 2.75) is 31.2 Å². The Morgan fingerprint density at radius 3 is 3.17 bits per heavy atom. The molecule has 124 valence electrons. The van der Waals surface area contributed by atoms with Gasteiger partial charge in [0.05, 0.1) is 12.7 Å². The minimum atomic E-state index is 0.198. The highest BCUT2D eigenvalue weighted by Gasteiger charge is 2.15. The maximum Gasteiger partial charge on any atom is 0.208 e. The Balaban J connectivity index is 1.47. The Labute approximate surface area is 143 Å². The monoisotopic (exact) mass is 355 g/mol. The van der Waals surface area contributed by atoms with Gasteiger partial charge in [-0.2, -0.15) is 0 Å². The van der Waals surface area contributed by atoms with Crippen LogP contribution in [0.25, 0.3) is 0 Å². The van der Waals surface area contributed by atoms with Crippen molar-refractivity contribution in [1.82, 2.24) is 15.2 Å². The van der Waals surface area contributed by atoms with Crippen molar-refractivity contribution in [1.29, 1.82) is 0 Å². The van der Waals surface area contributed by atoms with Gasteiger partial charge in [-0.3, -0.25) is 5.10 Å². The molecule has 1 aliphatic rings. The van der Waals surface area contributed by atoms with Crippen molar-refractivity contribution in [3.05, 3.63) is 34.6 Å². The van der Waals surface area contributed by atoms with Gasteiger partial charge >= 0.3 is 0 Å². The van der Waals surface area contributed by atoms with Gasteiger partial charge in [0, 0.05) is 10.8 Å². The summed E-state index contributed by atoms with van der Waals surface area (Å²) < 4.78 is 16.3. The van der Waals surface area contributed by atoms with Gasteiger partial charge < -0.3 is 14.2 Å². The number of hydrogen-bond donors (Lipinski definition) is 1. The van der Waals surface area contributed by atoms with Crippen LogP contribution in [0.5, 0.6) is 5.75 Å². The second-order valence-corrected chi connectivity index (χ2v) is 6.57. The Kier molecular flexibility index (Phi) is 5.77. The summed E-state index contributed by atoms with van der Waals surface area (Å²) in [5.41, 5.74) is 0.981. The molecule has 6 nitrogen and oxygen atoms in total. The smallest absolute Gasteiger partial charge is 0.208 e. The molecule has 1 N–H and O–H groups in total. The third-order valence-electron chi connectivity index (χ3n) is 3.39. The highest BCUT2D eigenvalue weighted by molar-refractivity contribution is 7.99. The van der Waals surface area contributed by atoms with Crippen molar-refractivity contribution in [2.75, 3.05) is 19.2 Å². The topological polar surface area (TPSA) is 69.3 Å². The van der Waals surface area contributed by atoms with E-state index in [0.29, 0.717) is 24.4 Å². The second-order valence-electron chi connectivity index (χ2n) is 5.18. The minimum absolute atomic E-state index is 0.198. The lowest BCUT2D eigenvalue weighted by molar-refractivity contribution is -0.130. The first-order valence-corrected chi connectivity index (χ1v) is 8.69. The molecule has 2 aromatic rings. The summed E-state index contributed by atoms with van der Waals surface area (Å²) in [6.45, 7) is 3.40. The molecule has 3 rings (SSSR count). The summed E-state index contributed by atoms with van der Waals surface area (Å²) in [6, 6.07) is 5.56. The molecule has 0 amide bonds. The molecule has 0 radical (unpaired) electrons. The van der Waals surface area contributed by atoms with Gasteiger partial charge in [-0.1, -0.05) is 23.4 Å². The van der Waals surface area contributed by atoms with Gasteiger partial charge in [0.15, 0.2) is 5.82 Å². The van der Waals surface area contributed by atoms with Crippen LogP contribution in [0.1, 0.15) is 17.8 Å². The van der Waals surface area contributed by atoms with Crippen LogP contribution in [-0.2, 0) is 16.1 Å². The van der Waals surface area contributed by atoms with Crippen molar-refractivity contribution >= 4 is 23.4 Å². The normalized spacial score (nSPS) is 18.1. The number of rotatable bonds is 6. The fourth-order valence-electron chi connectivity index (χ4n) is 2.07. The predicted octanol–water partition coefficient (Wildman–Crippen LogP) is 3.20. The highest BCUT2D eigenvalue weighted by Crippen LogP contribution is 2.22. The molecule has 1 saturated heterocycles. The first-order chi connectivity index (χ1) is 11.2. The van der Waals surface area contributed by atoms with Crippen molar-refractivity contribution in [3.63, 3.8) is 0 Å². The van der Waals surface area contributed by atoms with Crippen molar-refractivity contribution in [3.8, 4) is 5.75 Å². The predicted molar refractivity (Wildman–Crippen MR) is 87.9 cm³/mol. The van der Waals surface area contributed by atoms with Crippen LogP contribution in [0.4, 0.5) is 0 Å². The number of thioether (sulfide) groups is 1. The molecule has 0 saturated carbocycles. The summed E-state index contributed by atoms with van der Waals surface area (Å²) >= 11 is 7.56. The molecular weight excluding hydrogens is 338 g/mol. The number of H-pyrrole nitrogens is 1. The number of benzene rings is 1. The van der Waals surface area contributed by atoms with Crippen molar-refractivity contribution < 1.29 is 14.2 Å². The zero-order chi connectivity index (χ0) is 16.1. The Hall–Kier alpha value is -1.28. The van der Waals surface area contributed by atoms with Gasteiger partial charge in [-0.25, -0.2) is 4.98 Å². The van der Waals surface area contributed by atoms with Gasteiger partial charge in [-0.15, -0.1) is 5.10 Å². The first kappa shape index (κ1) is 16.6. The quantitative estimate of drug-likeness (QED) is 0.802. The number of halogens is 1. The number of nitrogens with one attached hydrogen (secondary N) is 1. The largest absolute Gasteiger partial charge is 0.486 e. The van der Waals surface area contributed by atoms with E-state index >= 15 is 0 Å². The van der Waals surface area contributed by atoms with E-state index in [-0.39, 0.29) is 6.10 Å². The lowest BCUT2D eigenvalue weighted by Crippen LogP contribution is -2.25. The molecule has 0 spiro atoms. The Bertz CT molecular complexity index is 647. The lowest BCUT2D eigenvalue weighted by Gasteiger charge is -2.21. The van der Waals surface area contributed by atoms with E-state index in [4.69, 9.17) is 25.8 Å². The average Bonchev–Trinajstić information content (AvgIpc) is 3.03. The first-order valence-electron chi connectivity index (χ1n) is 7.33. The van der Waals surface area contributed by atoms with E-state index in [9.17, 15) is 0 Å². The zero-order valence-electron chi connectivity index (χ0n) is 12.8. The van der Waals surface area contributed by atoms with Crippen LogP contribution in [0.2, 0.25) is 5.02 Å². The van der Waals surface area contributed by atoms with E-state index in [1.807, 2.05) is 25.1 Å². The van der Waals surface area contributed by atoms with Crippen LogP contribution in [0.3, 0.4) is 0 Å². The van der Waals surface area contributed by atoms with Crippen LogP contribution in [0, 0.1) is 6.92 Å². The number of aromatic amines is 1. The number of aryl methyl sites for hydroxylation is 1. The molecule has 0 unspecified atom stereocenters. The maximum absolute atomic E-state index is 6.00. The third kappa shape index (κ3) is 4.84. The minimum Gasteiger partial charge on any atom is -0.486 e. The summed E-state index contributed by atoms with van der Waals surface area (Å²) in [4.78, 5) is 4.41. The zero-order valence-corrected chi connectivity index (χ0v) is 14.3. The van der Waals surface area contributed by atoms with E-state index in [2.05, 4.69) is 15.2 Å². The standard InChI is InChI=1S/C15H18ClN3O3S/c1-10-6-11(2-3-13(10)16)21-7-14-17-15(19-18-14)23-8-12-4-5-20-9-22-12/h2-3,6,12H,4-5,7-9H2,1H3,(H,17,18,19)/t12-/m1/s1. The maximum atomic E-state index is 6.00. The molecule has 1 aromatic heterocycles. The van der Waals surface area contributed by atoms with E-state index < -0.39 is 0 Å². The highest BCUT2D eigenvalue weighted by atomic mass is 35.5. The molecule has 8 heteroatoms. The molecule has 0 aliphatic carbocycles. The fraction of sp³-hybridized carbons (Fsp3) is 0.467. The molecule has 1 aliphatic heterocycles. The van der Waals surface area contributed by atoms with E-state index in [1.165, 1.54) is 0 Å². The molecular formula is C15H18ClN3O3S. The van der Waals surface area contributed by atoms with Crippen LogP contribution in [0.15, 0.2) is 23.4 Å². The molecule has 23 heavy (non-hydrogen) atoms. The molecule has 1 aromatic carbocycles. The average molecular weight is 356 g/mol. The summed E-state index contributed by atoms with van der Waals surface area (Å²) in [5, 5.41) is 8.50. The van der Waals surface area contributed by atoms with Gasteiger partial charge in [0.2, 0.25) is 5.16 Å². The molecule has 1 fully saturated rings. The molecule has 0 bridgehead atoms. The number of nitrogens with zero attached hydrogens (tertiary/aromatic N) is 2. The molecule has 1 atom stereocenters. The summed E-state index contributed by atoms with van der Waals surface area (Å²) in [7, 11) is 0. The van der Waals surface area contributed by atoms with Gasteiger partial charge in [-0.05, 0) is 37.1 Å².